The van der Waals surface area contributed by atoms with E-state index in [2.05, 4.69) is 15.9 Å². The molecule has 86 valence electrons. The minimum atomic E-state index is -0.827. The second-order valence-electron chi connectivity index (χ2n) is 3.19. The van der Waals surface area contributed by atoms with E-state index in [1.807, 2.05) is 6.92 Å². The molecule has 0 aromatic heterocycles. The Balaban J connectivity index is 0.00000196. The Morgan fingerprint density at radius 1 is 1.40 bits per heavy atom. The van der Waals surface area contributed by atoms with E-state index in [9.17, 15) is 8.78 Å². The van der Waals surface area contributed by atoms with Gasteiger partial charge in [0.25, 0.3) is 0 Å². The largest absolute Gasteiger partial charge is 0.327 e. The average Bonchev–Trinajstić information content (AvgIpc) is 2.18. The Hall–Kier alpha value is -0.190. The molecule has 1 rings (SSSR count). The summed E-state index contributed by atoms with van der Waals surface area (Å²) in [4.78, 5) is 0. The molecule has 0 heterocycles. The summed E-state index contributed by atoms with van der Waals surface area (Å²) >= 11 is 3.18. The maximum atomic E-state index is 13.3. The van der Waals surface area contributed by atoms with Crippen molar-refractivity contribution in [2.45, 2.75) is 25.8 Å². The second-order valence-corrected chi connectivity index (χ2v) is 4.05. The molecule has 5 heteroatoms. The van der Waals surface area contributed by atoms with Crippen LogP contribution in [0.4, 0.5) is 8.78 Å². The summed E-state index contributed by atoms with van der Waals surface area (Å²) in [6.45, 7) is 1.91. The monoisotopic (exact) mass is 299 g/mol. The van der Waals surface area contributed by atoms with Crippen LogP contribution < -0.4 is 5.73 Å². The van der Waals surface area contributed by atoms with Gasteiger partial charge < -0.3 is 5.73 Å². The maximum absolute atomic E-state index is 13.3. The van der Waals surface area contributed by atoms with Crippen molar-refractivity contribution in [3.05, 3.63) is 33.8 Å². The van der Waals surface area contributed by atoms with Crippen LogP contribution in [0.3, 0.4) is 0 Å². The molecule has 0 aliphatic rings. The van der Waals surface area contributed by atoms with E-state index in [1.165, 1.54) is 6.07 Å². The van der Waals surface area contributed by atoms with Gasteiger partial charge in [-0.3, -0.25) is 0 Å². The van der Waals surface area contributed by atoms with Crippen LogP contribution in [0, 0.1) is 11.6 Å². The highest BCUT2D eigenvalue weighted by Gasteiger charge is 2.14. The molecule has 1 unspecified atom stereocenters. The van der Waals surface area contributed by atoms with Gasteiger partial charge in [0.15, 0.2) is 11.6 Å². The third-order valence-corrected chi connectivity index (χ3v) is 2.87. The van der Waals surface area contributed by atoms with Crippen molar-refractivity contribution < 1.29 is 8.78 Å². The number of hydrogen-bond acceptors (Lipinski definition) is 1. The first-order valence-corrected chi connectivity index (χ1v) is 5.23. The minimum Gasteiger partial charge on any atom is -0.327 e. The topological polar surface area (TPSA) is 26.0 Å². The fraction of sp³-hybridized carbons (Fsp3) is 0.400. The zero-order chi connectivity index (χ0) is 10.7. The highest BCUT2D eigenvalue weighted by Crippen LogP contribution is 2.23. The van der Waals surface area contributed by atoms with E-state index in [1.54, 1.807) is 0 Å². The Morgan fingerprint density at radius 3 is 2.53 bits per heavy atom. The Kier molecular flexibility index (Phi) is 6.32. The summed E-state index contributed by atoms with van der Waals surface area (Å²) in [5.41, 5.74) is 6.00. The van der Waals surface area contributed by atoms with Crippen molar-refractivity contribution >= 4 is 28.3 Å². The van der Waals surface area contributed by atoms with Gasteiger partial charge >= 0.3 is 0 Å². The quantitative estimate of drug-likeness (QED) is 0.850. The number of hydrogen-bond donors (Lipinski definition) is 1. The van der Waals surface area contributed by atoms with Crippen LogP contribution in [0.5, 0.6) is 0 Å². The molecule has 1 nitrogen and oxygen atoms in total. The fourth-order valence-electron chi connectivity index (χ4n) is 1.16. The third-order valence-electron chi connectivity index (χ3n) is 2.13. The Morgan fingerprint density at radius 2 is 2.00 bits per heavy atom. The third kappa shape index (κ3) is 3.70. The van der Waals surface area contributed by atoms with Crippen molar-refractivity contribution in [3.8, 4) is 0 Å². The van der Waals surface area contributed by atoms with Crippen molar-refractivity contribution in [1.82, 2.24) is 0 Å². The molecule has 15 heavy (non-hydrogen) atoms. The van der Waals surface area contributed by atoms with Gasteiger partial charge in [-0.1, -0.05) is 22.9 Å². The molecule has 2 N–H and O–H groups in total. The number of halogens is 4. The van der Waals surface area contributed by atoms with E-state index in [0.29, 0.717) is 16.5 Å². The van der Waals surface area contributed by atoms with Gasteiger partial charge in [-0.05, 0) is 25.0 Å². The molecule has 0 radical (unpaired) electrons. The zero-order valence-corrected chi connectivity index (χ0v) is 10.7. The summed E-state index contributed by atoms with van der Waals surface area (Å²) < 4.78 is 26.7. The molecule has 0 aliphatic heterocycles. The molecule has 0 bridgehead atoms. The SMILES string of the molecule is CCC(N)Cc1c(Br)ccc(F)c1F.Cl. The fourth-order valence-corrected chi connectivity index (χ4v) is 1.63. The average molecular weight is 301 g/mol. The molecule has 0 saturated carbocycles. The maximum Gasteiger partial charge on any atom is 0.163 e. The second kappa shape index (κ2) is 6.40. The minimum absolute atomic E-state index is 0. The van der Waals surface area contributed by atoms with Crippen molar-refractivity contribution in [3.63, 3.8) is 0 Å². The van der Waals surface area contributed by atoms with Gasteiger partial charge in [0.2, 0.25) is 0 Å². The smallest absolute Gasteiger partial charge is 0.163 e. The predicted molar refractivity (Wildman–Crippen MR) is 63.3 cm³/mol. The van der Waals surface area contributed by atoms with E-state index >= 15 is 0 Å². The number of nitrogens with two attached hydrogens (primary N) is 1. The van der Waals surface area contributed by atoms with E-state index in [0.717, 1.165) is 12.5 Å². The summed E-state index contributed by atoms with van der Waals surface area (Å²) in [7, 11) is 0. The highest BCUT2D eigenvalue weighted by molar-refractivity contribution is 9.10. The van der Waals surface area contributed by atoms with Crippen LogP contribution in [0.1, 0.15) is 18.9 Å². The molecular formula is C10H13BrClF2N. The van der Waals surface area contributed by atoms with Gasteiger partial charge in [0.05, 0.1) is 0 Å². The zero-order valence-electron chi connectivity index (χ0n) is 8.27. The molecule has 0 fully saturated rings. The summed E-state index contributed by atoms with van der Waals surface area (Å²) in [6.07, 6.45) is 1.09. The summed E-state index contributed by atoms with van der Waals surface area (Å²) in [6, 6.07) is 2.46. The van der Waals surface area contributed by atoms with Gasteiger partial charge in [-0.2, -0.15) is 0 Å². The van der Waals surface area contributed by atoms with Gasteiger partial charge in [0.1, 0.15) is 0 Å². The van der Waals surface area contributed by atoms with E-state index in [4.69, 9.17) is 5.73 Å². The molecular weight excluding hydrogens is 287 g/mol. The van der Waals surface area contributed by atoms with Gasteiger partial charge in [0, 0.05) is 16.1 Å². The van der Waals surface area contributed by atoms with E-state index < -0.39 is 11.6 Å². The molecule has 1 aromatic carbocycles. The van der Waals surface area contributed by atoms with Crippen molar-refractivity contribution in [2.75, 3.05) is 0 Å². The van der Waals surface area contributed by atoms with Crippen LogP contribution in [0.15, 0.2) is 16.6 Å². The molecule has 0 saturated heterocycles. The molecule has 0 aliphatic carbocycles. The van der Waals surface area contributed by atoms with Crippen molar-refractivity contribution in [1.29, 1.82) is 0 Å². The Bertz CT molecular complexity index is 333. The first kappa shape index (κ1) is 14.8. The van der Waals surface area contributed by atoms with Crippen molar-refractivity contribution in [2.24, 2.45) is 5.73 Å². The van der Waals surface area contributed by atoms with Gasteiger partial charge in [-0.15, -0.1) is 12.4 Å². The molecule has 1 aromatic rings. The predicted octanol–water partition coefficient (Wildman–Crippen LogP) is 3.43. The highest BCUT2D eigenvalue weighted by atomic mass is 79.9. The lowest BCUT2D eigenvalue weighted by Gasteiger charge is -2.11. The number of benzene rings is 1. The van der Waals surface area contributed by atoms with Crippen LogP contribution >= 0.6 is 28.3 Å². The molecule has 0 amide bonds. The first-order valence-electron chi connectivity index (χ1n) is 4.44. The van der Waals surface area contributed by atoms with Crippen LogP contribution in [0.2, 0.25) is 0 Å². The summed E-state index contributed by atoms with van der Waals surface area (Å²) in [5, 5.41) is 0. The molecule has 1 atom stereocenters. The standard InChI is InChI=1S/C10H12BrF2N.ClH/c1-2-6(14)5-7-8(11)3-4-9(12)10(7)13;/h3-4,6H,2,5,14H2,1H3;1H. The van der Waals surface area contributed by atoms with Crippen LogP contribution in [-0.2, 0) is 6.42 Å². The van der Waals surface area contributed by atoms with E-state index in [-0.39, 0.29) is 18.4 Å². The Labute approximate surface area is 103 Å². The number of rotatable bonds is 3. The lowest BCUT2D eigenvalue weighted by Crippen LogP contribution is -2.22. The van der Waals surface area contributed by atoms with Gasteiger partial charge in [-0.25, -0.2) is 8.78 Å². The normalized spacial score (nSPS) is 12.1. The summed E-state index contributed by atoms with van der Waals surface area (Å²) in [5.74, 6) is -1.63. The van der Waals surface area contributed by atoms with Crippen LogP contribution in [0.25, 0.3) is 0 Å². The molecule has 0 spiro atoms. The van der Waals surface area contributed by atoms with Crippen LogP contribution in [-0.4, -0.2) is 6.04 Å². The lowest BCUT2D eigenvalue weighted by molar-refractivity contribution is 0.490. The lowest BCUT2D eigenvalue weighted by atomic mass is 10.0. The first-order chi connectivity index (χ1) is 6.56.